The third-order valence-corrected chi connectivity index (χ3v) is 5.00. The molecule has 0 atom stereocenters. The number of aromatic nitrogens is 2. The van der Waals surface area contributed by atoms with E-state index in [1.165, 1.54) is 11.3 Å². The largest absolute Gasteiger partial charge is 0.494 e. The molecule has 7 heteroatoms. The van der Waals surface area contributed by atoms with Gasteiger partial charge in [-0.1, -0.05) is 18.2 Å². The van der Waals surface area contributed by atoms with Crippen LogP contribution in [-0.2, 0) is 9.53 Å². The second kappa shape index (κ2) is 9.32. The number of carbonyl (C=O) groups excluding carboxylic acids is 2. The number of benzene rings is 1. The van der Waals surface area contributed by atoms with E-state index in [1.54, 1.807) is 12.3 Å². The standard InChI is InChI=1S/C21H22N2O4S/c1-15-13-18(16(2)23(15)21-22-10-12-28-21)19(24)14-27-20(25)9-6-11-26-17-7-4-3-5-8-17/h3-5,7-8,10,12-13H,6,9,11,14H2,1-2H3. The van der Waals surface area contributed by atoms with E-state index in [4.69, 9.17) is 9.47 Å². The number of ether oxygens (including phenoxy) is 2. The first kappa shape index (κ1) is 19.8. The van der Waals surface area contributed by atoms with E-state index >= 15 is 0 Å². The van der Waals surface area contributed by atoms with Crippen LogP contribution < -0.4 is 4.74 Å². The highest BCUT2D eigenvalue weighted by molar-refractivity contribution is 7.12. The summed E-state index contributed by atoms with van der Waals surface area (Å²) in [7, 11) is 0. The number of Topliss-reactive ketones (excluding diaryl/α,β-unsaturated/α-hetero) is 1. The molecule has 1 aromatic carbocycles. The fourth-order valence-corrected chi connectivity index (χ4v) is 3.64. The van der Waals surface area contributed by atoms with Gasteiger partial charge in [-0.05, 0) is 38.5 Å². The summed E-state index contributed by atoms with van der Waals surface area (Å²) in [5.74, 6) is 0.144. The molecule has 0 aliphatic carbocycles. The average Bonchev–Trinajstić information content (AvgIpc) is 3.32. The Labute approximate surface area is 167 Å². The number of carbonyl (C=O) groups is 2. The van der Waals surface area contributed by atoms with Gasteiger partial charge in [0.15, 0.2) is 11.7 Å². The predicted molar refractivity (Wildman–Crippen MR) is 107 cm³/mol. The molecule has 2 aromatic heterocycles. The highest BCUT2D eigenvalue weighted by Gasteiger charge is 2.19. The molecule has 0 bridgehead atoms. The van der Waals surface area contributed by atoms with Crippen LogP contribution in [0.25, 0.3) is 5.13 Å². The molecule has 0 amide bonds. The van der Waals surface area contributed by atoms with E-state index in [1.807, 2.05) is 54.1 Å². The first-order valence-corrected chi connectivity index (χ1v) is 9.89. The summed E-state index contributed by atoms with van der Waals surface area (Å²) in [5.41, 5.74) is 2.26. The summed E-state index contributed by atoms with van der Waals surface area (Å²) in [6.07, 6.45) is 2.46. The third kappa shape index (κ3) is 4.86. The molecule has 0 N–H and O–H groups in total. The van der Waals surface area contributed by atoms with Gasteiger partial charge in [-0.3, -0.25) is 14.2 Å². The molecule has 0 fully saturated rings. The van der Waals surface area contributed by atoms with Crippen LogP contribution in [0, 0.1) is 13.8 Å². The number of ketones is 1. The smallest absolute Gasteiger partial charge is 0.306 e. The fourth-order valence-electron chi connectivity index (χ4n) is 2.89. The lowest BCUT2D eigenvalue weighted by molar-refractivity contribution is -0.142. The minimum absolute atomic E-state index is 0.207. The number of hydrogen-bond donors (Lipinski definition) is 0. The predicted octanol–water partition coefficient (Wildman–Crippen LogP) is 4.14. The molecule has 0 saturated carbocycles. The molecule has 3 aromatic rings. The van der Waals surface area contributed by atoms with Gasteiger partial charge in [0.1, 0.15) is 5.75 Å². The van der Waals surface area contributed by atoms with Gasteiger partial charge in [-0.2, -0.15) is 0 Å². The van der Waals surface area contributed by atoms with Crippen molar-refractivity contribution in [2.24, 2.45) is 0 Å². The van der Waals surface area contributed by atoms with E-state index in [0.717, 1.165) is 22.3 Å². The third-order valence-electron chi connectivity index (χ3n) is 4.24. The van der Waals surface area contributed by atoms with E-state index in [9.17, 15) is 9.59 Å². The Balaban J connectivity index is 1.46. The zero-order valence-electron chi connectivity index (χ0n) is 15.9. The maximum Gasteiger partial charge on any atom is 0.306 e. The maximum absolute atomic E-state index is 12.5. The monoisotopic (exact) mass is 398 g/mol. The molecule has 3 rings (SSSR count). The van der Waals surface area contributed by atoms with Crippen molar-refractivity contribution in [1.82, 2.24) is 9.55 Å². The molecule has 28 heavy (non-hydrogen) atoms. The van der Waals surface area contributed by atoms with Crippen LogP contribution in [-0.4, -0.2) is 34.5 Å². The summed E-state index contributed by atoms with van der Waals surface area (Å²) >= 11 is 1.50. The Morgan fingerprint density at radius 2 is 1.96 bits per heavy atom. The van der Waals surface area contributed by atoms with Crippen molar-refractivity contribution in [2.75, 3.05) is 13.2 Å². The number of esters is 1. The number of hydrogen-bond acceptors (Lipinski definition) is 6. The molecule has 0 aliphatic heterocycles. The van der Waals surface area contributed by atoms with Crippen molar-refractivity contribution in [3.63, 3.8) is 0 Å². The lowest BCUT2D eigenvalue weighted by atomic mass is 10.1. The average molecular weight is 398 g/mol. The molecule has 0 saturated heterocycles. The van der Waals surface area contributed by atoms with Crippen LogP contribution in [0.15, 0.2) is 48.0 Å². The molecular formula is C21H22N2O4S. The molecule has 0 unspecified atom stereocenters. The van der Waals surface area contributed by atoms with E-state index in [0.29, 0.717) is 18.6 Å². The Morgan fingerprint density at radius 1 is 1.18 bits per heavy atom. The lowest BCUT2D eigenvalue weighted by Gasteiger charge is -2.07. The number of para-hydroxylation sites is 1. The van der Waals surface area contributed by atoms with Gasteiger partial charge in [0, 0.05) is 34.9 Å². The second-order valence-corrected chi connectivity index (χ2v) is 7.16. The van der Waals surface area contributed by atoms with Gasteiger partial charge in [0.05, 0.1) is 6.61 Å². The Kier molecular flexibility index (Phi) is 6.60. The molecule has 0 radical (unpaired) electrons. The highest BCUT2D eigenvalue weighted by Crippen LogP contribution is 2.22. The van der Waals surface area contributed by atoms with Crippen LogP contribution in [0.5, 0.6) is 5.75 Å². The number of rotatable bonds is 9. The summed E-state index contributed by atoms with van der Waals surface area (Å²) in [6.45, 7) is 3.94. The van der Waals surface area contributed by atoms with Crippen molar-refractivity contribution in [3.8, 4) is 10.9 Å². The van der Waals surface area contributed by atoms with Crippen LogP contribution in [0.4, 0.5) is 0 Å². The van der Waals surface area contributed by atoms with Gasteiger partial charge in [0.25, 0.3) is 0 Å². The van der Waals surface area contributed by atoms with Crippen LogP contribution >= 0.6 is 11.3 Å². The Morgan fingerprint density at radius 3 is 2.68 bits per heavy atom. The first-order chi connectivity index (χ1) is 13.6. The fraction of sp³-hybridized carbons (Fsp3) is 0.286. The maximum atomic E-state index is 12.5. The topological polar surface area (TPSA) is 70.4 Å². The van der Waals surface area contributed by atoms with Crippen LogP contribution in [0.2, 0.25) is 0 Å². The zero-order valence-corrected chi connectivity index (χ0v) is 16.7. The van der Waals surface area contributed by atoms with Gasteiger partial charge in [-0.15, -0.1) is 11.3 Å². The Bertz CT molecular complexity index is 933. The summed E-state index contributed by atoms with van der Waals surface area (Å²) in [4.78, 5) is 28.7. The van der Waals surface area contributed by atoms with Crippen molar-refractivity contribution in [2.45, 2.75) is 26.7 Å². The molecule has 0 spiro atoms. The van der Waals surface area contributed by atoms with E-state index < -0.39 is 5.97 Å². The summed E-state index contributed by atoms with van der Waals surface area (Å²) in [5, 5.41) is 2.70. The molecule has 2 heterocycles. The molecule has 6 nitrogen and oxygen atoms in total. The van der Waals surface area contributed by atoms with Gasteiger partial charge in [0.2, 0.25) is 5.78 Å². The lowest BCUT2D eigenvalue weighted by Crippen LogP contribution is -2.15. The quantitative estimate of drug-likeness (QED) is 0.308. The van der Waals surface area contributed by atoms with Gasteiger partial charge in [-0.25, -0.2) is 4.98 Å². The van der Waals surface area contributed by atoms with Crippen LogP contribution in [0.1, 0.15) is 34.6 Å². The van der Waals surface area contributed by atoms with E-state index in [2.05, 4.69) is 4.98 Å². The van der Waals surface area contributed by atoms with Crippen LogP contribution in [0.3, 0.4) is 0 Å². The minimum Gasteiger partial charge on any atom is -0.494 e. The normalized spacial score (nSPS) is 10.6. The second-order valence-electron chi connectivity index (χ2n) is 6.28. The number of nitrogens with zero attached hydrogens (tertiary/aromatic N) is 2. The van der Waals surface area contributed by atoms with Gasteiger partial charge < -0.3 is 9.47 Å². The summed E-state index contributed by atoms with van der Waals surface area (Å²) in [6, 6.07) is 11.2. The highest BCUT2D eigenvalue weighted by atomic mass is 32.1. The van der Waals surface area contributed by atoms with Crippen molar-refractivity contribution in [1.29, 1.82) is 0 Å². The Hall–Kier alpha value is -2.93. The molecule has 0 aliphatic rings. The first-order valence-electron chi connectivity index (χ1n) is 9.01. The number of aryl methyl sites for hydroxylation is 1. The molecular weight excluding hydrogens is 376 g/mol. The minimum atomic E-state index is -0.404. The zero-order chi connectivity index (χ0) is 19.9. The van der Waals surface area contributed by atoms with E-state index in [-0.39, 0.29) is 18.8 Å². The van der Waals surface area contributed by atoms with Gasteiger partial charge >= 0.3 is 5.97 Å². The van der Waals surface area contributed by atoms with Crippen molar-refractivity contribution >= 4 is 23.1 Å². The van der Waals surface area contributed by atoms with Crippen molar-refractivity contribution in [3.05, 3.63) is 64.9 Å². The number of thiazole rings is 1. The molecule has 146 valence electrons. The van der Waals surface area contributed by atoms with Crippen molar-refractivity contribution < 1.29 is 19.1 Å². The summed E-state index contributed by atoms with van der Waals surface area (Å²) < 4.78 is 12.6. The SMILES string of the molecule is Cc1cc(C(=O)COC(=O)CCCOc2ccccc2)c(C)n1-c1nccs1.